The first-order valence-corrected chi connectivity index (χ1v) is 5.20. The van der Waals surface area contributed by atoms with E-state index in [2.05, 4.69) is 31.3 Å². The lowest BCUT2D eigenvalue weighted by Crippen LogP contribution is -2.00. The third kappa shape index (κ3) is 2.00. The average Bonchev–Trinajstić information content (AvgIpc) is 2.95. The number of anilines is 1. The van der Waals surface area contributed by atoms with Crippen LogP contribution in [0.25, 0.3) is 10.4 Å². The SMILES string of the molecule is [N-]=[N+]=Nc1c(Br)cccc1NC1CC1. The van der Waals surface area contributed by atoms with E-state index in [1.165, 1.54) is 12.8 Å². The molecule has 0 bridgehead atoms. The number of hydrogen-bond acceptors (Lipinski definition) is 2. The predicted molar refractivity (Wildman–Crippen MR) is 59.6 cm³/mol. The molecule has 0 saturated heterocycles. The second kappa shape index (κ2) is 3.90. The number of benzene rings is 1. The molecule has 0 heterocycles. The molecule has 0 atom stereocenters. The van der Waals surface area contributed by atoms with Gasteiger partial charge in [-0.3, -0.25) is 0 Å². The molecule has 1 saturated carbocycles. The van der Waals surface area contributed by atoms with Crippen molar-refractivity contribution in [3.8, 4) is 0 Å². The van der Waals surface area contributed by atoms with Crippen molar-refractivity contribution in [2.24, 2.45) is 5.11 Å². The summed E-state index contributed by atoms with van der Waals surface area (Å²) in [6.45, 7) is 0. The molecule has 4 nitrogen and oxygen atoms in total. The zero-order chi connectivity index (χ0) is 9.97. The lowest BCUT2D eigenvalue weighted by Gasteiger charge is -2.08. The van der Waals surface area contributed by atoms with E-state index in [9.17, 15) is 0 Å². The Balaban J connectivity index is 2.34. The van der Waals surface area contributed by atoms with E-state index in [0.29, 0.717) is 11.7 Å². The minimum atomic E-state index is 0.553. The average molecular weight is 253 g/mol. The Labute approximate surface area is 90.1 Å². The Hall–Kier alpha value is -1.19. The van der Waals surface area contributed by atoms with Gasteiger partial charge in [0, 0.05) is 21.1 Å². The van der Waals surface area contributed by atoms with Crippen molar-refractivity contribution in [2.45, 2.75) is 18.9 Å². The molecule has 1 fully saturated rings. The second-order valence-electron chi connectivity index (χ2n) is 3.24. The van der Waals surface area contributed by atoms with E-state index < -0.39 is 0 Å². The Kier molecular flexibility index (Phi) is 2.61. The minimum Gasteiger partial charge on any atom is -0.382 e. The zero-order valence-electron chi connectivity index (χ0n) is 7.44. The normalized spacial score (nSPS) is 14.6. The molecule has 0 amide bonds. The quantitative estimate of drug-likeness (QED) is 0.494. The molecular formula is C9H9BrN4. The van der Waals surface area contributed by atoms with Crippen LogP contribution in [0.15, 0.2) is 27.8 Å². The standard InChI is InChI=1S/C9H9BrN4/c10-7-2-1-3-8(9(7)13-14-11)12-6-4-5-6/h1-3,6,12H,4-5H2. The van der Waals surface area contributed by atoms with E-state index >= 15 is 0 Å². The van der Waals surface area contributed by atoms with Crippen molar-refractivity contribution in [1.29, 1.82) is 0 Å². The molecule has 0 aliphatic heterocycles. The molecule has 1 aliphatic rings. The van der Waals surface area contributed by atoms with Gasteiger partial charge in [-0.15, -0.1) is 0 Å². The highest BCUT2D eigenvalue weighted by Gasteiger charge is 2.21. The fourth-order valence-corrected chi connectivity index (χ4v) is 1.67. The molecule has 0 aromatic heterocycles. The largest absolute Gasteiger partial charge is 0.382 e. The van der Waals surface area contributed by atoms with Crippen LogP contribution in [0, 0.1) is 0 Å². The third-order valence-electron chi connectivity index (χ3n) is 2.07. The van der Waals surface area contributed by atoms with Crippen molar-refractivity contribution in [1.82, 2.24) is 0 Å². The fraction of sp³-hybridized carbons (Fsp3) is 0.333. The molecular weight excluding hydrogens is 244 g/mol. The van der Waals surface area contributed by atoms with Crippen LogP contribution in [-0.2, 0) is 0 Å². The highest BCUT2D eigenvalue weighted by molar-refractivity contribution is 9.10. The van der Waals surface area contributed by atoms with Crippen LogP contribution in [0.1, 0.15) is 12.8 Å². The Morgan fingerprint density at radius 2 is 2.29 bits per heavy atom. The molecule has 2 rings (SSSR count). The number of nitrogens with one attached hydrogen (secondary N) is 1. The topological polar surface area (TPSA) is 60.8 Å². The van der Waals surface area contributed by atoms with Crippen molar-refractivity contribution in [3.63, 3.8) is 0 Å². The van der Waals surface area contributed by atoms with Crippen molar-refractivity contribution < 1.29 is 0 Å². The first-order valence-electron chi connectivity index (χ1n) is 4.41. The smallest absolute Gasteiger partial charge is 0.0748 e. The van der Waals surface area contributed by atoms with Gasteiger partial charge in [-0.1, -0.05) is 27.1 Å². The summed E-state index contributed by atoms with van der Waals surface area (Å²) in [6, 6.07) is 6.26. The van der Waals surface area contributed by atoms with E-state index in [1.54, 1.807) is 0 Å². The number of rotatable bonds is 3. The van der Waals surface area contributed by atoms with Gasteiger partial charge in [0.05, 0.1) is 5.69 Å². The van der Waals surface area contributed by atoms with Gasteiger partial charge in [0.25, 0.3) is 0 Å². The maximum absolute atomic E-state index is 8.43. The maximum atomic E-state index is 8.43. The molecule has 0 spiro atoms. The monoisotopic (exact) mass is 252 g/mol. The third-order valence-corrected chi connectivity index (χ3v) is 2.71. The molecule has 1 aromatic rings. The van der Waals surface area contributed by atoms with Crippen molar-refractivity contribution in [2.75, 3.05) is 5.32 Å². The van der Waals surface area contributed by atoms with Gasteiger partial charge in [-0.05, 0) is 30.5 Å². The molecule has 1 aromatic carbocycles. The fourth-order valence-electron chi connectivity index (χ4n) is 1.23. The van der Waals surface area contributed by atoms with Gasteiger partial charge < -0.3 is 5.32 Å². The maximum Gasteiger partial charge on any atom is 0.0748 e. The van der Waals surface area contributed by atoms with Gasteiger partial charge in [-0.2, -0.15) is 0 Å². The summed E-state index contributed by atoms with van der Waals surface area (Å²) < 4.78 is 0.820. The molecule has 0 unspecified atom stereocenters. The first-order chi connectivity index (χ1) is 6.81. The summed E-state index contributed by atoms with van der Waals surface area (Å²) in [5.41, 5.74) is 9.97. The summed E-state index contributed by atoms with van der Waals surface area (Å²) in [7, 11) is 0. The Morgan fingerprint density at radius 1 is 1.50 bits per heavy atom. The minimum absolute atomic E-state index is 0.553. The van der Waals surface area contributed by atoms with E-state index in [0.717, 1.165) is 10.2 Å². The number of nitrogens with zero attached hydrogens (tertiary/aromatic N) is 3. The number of hydrogen-bond donors (Lipinski definition) is 1. The van der Waals surface area contributed by atoms with E-state index in [-0.39, 0.29) is 0 Å². The van der Waals surface area contributed by atoms with E-state index in [1.807, 2.05) is 18.2 Å². The molecule has 14 heavy (non-hydrogen) atoms. The van der Waals surface area contributed by atoms with Crippen LogP contribution in [0.2, 0.25) is 0 Å². The van der Waals surface area contributed by atoms with Crippen LogP contribution < -0.4 is 5.32 Å². The van der Waals surface area contributed by atoms with Crippen LogP contribution >= 0.6 is 15.9 Å². The zero-order valence-corrected chi connectivity index (χ0v) is 9.03. The lowest BCUT2D eigenvalue weighted by atomic mass is 10.2. The van der Waals surface area contributed by atoms with Gasteiger partial charge in [0.1, 0.15) is 0 Å². The molecule has 1 N–H and O–H groups in total. The highest BCUT2D eigenvalue weighted by Crippen LogP contribution is 2.36. The first kappa shape index (κ1) is 9.37. The van der Waals surface area contributed by atoms with Crippen LogP contribution in [-0.4, -0.2) is 6.04 Å². The number of azide groups is 1. The Bertz CT molecular complexity index is 394. The summed E-state index contributed by atoms with van der Waals surface area (Å²) in [6.07, 6.45) is 2.39. The van der Waals surface area contributed by atoms with Crippen molar-refractivity contribution in [3.05, 3.63) is 33.1 Å². The van der Waals surface area contributed by atoms with Crippen LogP contribution in [0.5, 0.6) is 0 Å². The predicted octanol–water partition coefficient (Wildman–Crippen LogP) is 3.97. The summed E-state index contributed by atoms with van der Waals surface area (Å²) in [4.78, 5) is 2.81. The van der Waals surface area contributed by atoms with Gasteiger partial charge >= 0.3 is 0 Å². The van der Waals surface area contributed by atoms with Gasteiger partial charge in [0.2, 0.25) is 0 Å². The number of halogens is 1. The second-order valence-corrected chi connectivity index (χ2v) is 4.10. The van der Waals surface area contributed by atoms with Gasteiger partial charge in [0.15, 0.2) is 0 Å². The van der Waals surface area contributed by atoms with E-state index in [4.69, 9.17) is 5.53 Å². The molecule has 1 aliphatic carbocycles. The molecule has 72 valence electrons. The van der Waals surface area contributed by atoms with Crippen LogP contribution in [0.4, 0.5) is 11.4 Å². The Morgan fingerprint density at radius 3 is 2.93 bits per heavy atom. The molecule has 5 heteroatoms. The van der Waals surface area contributed by atoms with Crippen LogP contribution in [0.3, 0.4) is 0 Å². The summed E-state index contributed by atoms with van der Waals surface area (Å²) in [5.74, 6) is 0. The summed E-state index contributed by atoms with van der Waals surface area (Å²) in [5, 5.41) is 6.97. The summed E-state index contributed by atoms with van der Waals surface area (Å²) >= 11 is 3.35. The lowest BCUT2D eigenvalue weighted by molar-refractivity contribution is 1.15. The van der Waals surface area contributed by atoms with Gasteiger partial charge in [-0.25, -0.2) is 0 Å². The molecule has 0 radical (unpaired) electrons. The highest BCUT2D eigenvalue weighted by atomic mass is 79.9. The van der Waals surface area contributed by atoms with Crippen molar-refractivity contribution >= 4 is 27.3 Å².